The number of phenols is 1. The summed E-state index contributed by atoms with van der Waals surface area (Å²) >= 11 is 0. The van der Waals surface area contributed by atoms with Gasteiger partial charge in [0, 0.05) is 24.6 Å². The minimum Gasteiger partial charge on any atom is -0.508 e. The number of sulfonamides is 1. The Hall–Kier alpha value is -2.59. The summed E-state index contributed by atoms with van der Waals surface area (Å²) in [7, 11) is -3.26. The highest BCUT2D eigenvalue weighted by Crippen LogP contribution is 2.35. The second kappa shape index (κ2) is 7.10. The topological polar surface area (TPSA) is 145 Å². The molecule has 1 aromatic carbocycles. The lowest BCUT2D eigenvalue weighted by Crippen LogP contribution is -2.37. The summed E-state index contributed by atoms with van der Waals surface area (Å²) in [6, 6.07) is 3.33. The van der Waals surface area contributed by atoms with Gasteiger partial charge in [0.05, 0.1) is 17.6 Å². The molecule has 3 rings (SSSR count). The van der Waals surface area contributed by atoms with Gasteiger partial charge in [0.2, 0.25) is 10.0 Å². The molecule has 28 heavy (non-hydrogen) atoms. The third-order valence-corrected chi connectivity index (χ3v) is 6.62. The molecule has 0 unspecified atom stereocenters. The first-order chi connectivity index (χ1) is 13.0. The van der Waals surface area contributed by atoms with Gasteiger partial charge < -0.3 is 16.6 Å². The SMILES string of the molecule is Cc1ccc(O)c(C)c1-n1nc(C2CCN(S(C)(=O)=O)CC2)c(C(N)=O)c1N. The summed E-state index contributed by atoms with van der Waals surface area (Å²) in [5, 5.41) is 14.7. The number of piperidine rings is 1. The van der Waals surface area contributed by atoms with Gasteiger partial charge in [0.15, 0.2) is 0 Å². The van der Waals surface area contributed by atoms with E-state index in [-0.39, 0.29) is 23.0 Å². The van der Waals surface area contributed by atoms with Crippen molar-refractivity contribution in [3.05, 3.63) is 34.5 Å². The van der Waals surface area contributed by atoms with E-state index in [0.29, 0.717) is 42.9 Å². The van der Waals surface area contributed by atoms with Crippen molar-refractivity contribution in [2.24, 2.45) is 5.73 Å². The number of hydrogen-bond acceptors (Lipinski definition) is 6. The van der Waals surface area contributed by atoms with Crippen molar-refractivity contribution in [3.8, 4) is 11.4 Å². The second-order valence-electron chi connectivity index (χ2n) is 7.23. The summed E-state index contributed by atoms with van der Waals surface area (Å²) in [6.07, 6.45) is 2.21. The third kappa shape index (κ3) is 3.45. The van der Waals surface area contributed by atoms with Gasteiger partial charge in [0.25, 0.3) is 5.91 Å². The quantitative estimate of drug-likeness (QED) is 0.690. The van der Waals surface area contributed by atoms with E-state index in [0.717, 1.165) is 5.56 Å². The van der Waals surface area contributed by atoms with Crippen LogP contribution in [0.2, 0.25) is 0 Å². The Bertz CT molecular complexity index is 1040. The maximum absolute atomic E-state index is 12.1. The summed E-state index contributed by atoms with van der Waals surface area (Å²) in [4.78, 5) is 12.1. The van der Waals surface area contributed by atoms with Gasteiger partial charge in [-0.25, -0.2) is 17.4 Å². The number of aromatic nitrogens is 2. The number of amides is 1. The van der Waals surface area contributed by atoms with Crippen LogP contribution in [0.1, 0.15) is 45.9 Å². The minimum absolute atomic E-state index is 0.0964. The minimum atomic E-state index is -3.26. The van der Waals surface area contributed by atoms with Crippen LogP contribution >= 0.6 is 0 Å². The number of benzene rings is 1. The van der Waals surface area contributed by atoms with E-state index in [1.165, 1.54) is 15.2 Å². The number of anilines is 1. The van der Waals surface area contributed by atoms with Crippen LogP contribution in [0.4, 0.5) is 5.82 Å². The van der Waals surface area contributed by atoms with Crippen LogP contribution in [-0.2, 0) is 10.0 Å². The number of aryl methyl sites for hydroxylation is 1. The van der Waals surface area contributed by atoms with Crippen LogP contribution < -0.4 is 11.5 Å². The number of nitrogens with zero attached hydrogens (tertiary/aromatic N) is 3. The molecule has 2 heterocycles. The highest BCUT2D eigenvalue weighted by atomic mass is 32.2. The summed E-state index contributed by atoms with van der Waals surface area (Å²) in [5.74, 6) is -0.606. The van der Waals surface area contributed by atoms with Gasteiger partial charge in [-0.05, 0) is 38.3 Å². The summed E-state index contributed by atoms with van der Waals surface area (Å²) < 4.78 is 26.3. The predicted octanol–water partition coefficient (Wildman–Crippen LogP) is 1.01. The molecule has 10 heteroatoms. The third-order valence-electron chi connectivity index (χ3n) is 5.32. The molecule has 1 aliphatic rings. The van der Waals surface area contributed by atoms with Crippen LogP contribution in [0.5, 0.6) is 5.75 Å². The number of carbonyl (C=O) groups excluding carboxylic acids is 1. The van der Waals surface area contributed by atoms with Crippen molar-refractivity contribution < 1.29 is 18.3 Å². The molecule has 0 radical (unpaired) electrons. The Kier molecular flexibility index (Phi) is 5.11. The fourth-order valence-corrected chi connectivity index (χ4v) is 4.64. The van der Waals surface area contributed by atoms with Gasteiger partial charge in [0.1, 0.15) is 17.1 Å². The van der Waals surface area contributed by atoms with Crippen LogP contribution in [-0.4, -0.2) is 52.9 Å². The van der Waals surface area contributed by atoms with E-state index in [1.54, 1.807) is 19.1 Å². The molecule has 1 fully saturated rings. The van der Waals surface area contributed by atoms with Gasteiger partial charge in [-0.2, -0.15) is 5.10 Å². The number of hydrogen-bond donors (Lipinski definition) is 3. The second-order valence-corrected chi connectivity index (χ2v) is 9.22. The first-order valence-corrected chi connectivity index (χ1v) is 10.8. The molecule has 0 saturated carbocycles. The molecule has 1 aromatic heterocycles. The zero-order chi connectivity index (χ0) is 20.8. The van der Waals surface area contributed by atoms with Crippen LogP contribution in [0, 0.1) is 13.8 Å². The normalized spacial score (nSPS) is 16.4. The molecule has 152 valence electrons. The van der Waals surface area contributed by atoms with Gasteiger partial charge >= 0.3 is 0 Å². The van der Waals surface area contributed by atoms with Crippen LogP contribution in [0.25, 0.3) is 5.69 Å². The average Bonchev–Trinajstić information content (AvgIpc) is 2.95. The molecule has 0 spiro atoms. The van der Waals surface area contributed by atoms with Crippen molar-refractivity contribution >= 4 is 21.7 Å². The van der Waals surface area contributed by atoms with E-state index in [2.05, 4.69) is 5.10 Å². The van der Waals surface area contributed by atoms with Crippen LogP contribution in [0.3, 0.4) is 0 Å². The number of nitrogen functional groups attached to an aromatic ring is 1. The fourth-order valence-electron chi connectivity index (χ4n) is 3.77. The Morgan fingerprint density at radius 2 is 1.86 bits per heavy atom. The lowest BCUT2D eigenvalue weighted by atomic mass is 9.92. The zero-order valence-corrected chi connectivity index (χ0v) is 17.0. The first kappa shape index (κ1) is 20.2. The number of nitrogens with two attached hydrogens (primary N) is 2. The molecule has 1 aliphatic heterocycles. The lowest BCUT2D eigenvalue weighted by molar-refractivity contribution is 0.0999. The number of rotatable bonds is 4. The fraction of sp³-hybridized carbons (Fsp3) is 0.444. The Morgan fingerprint density at radius 1 is 1.25 bits per heavy atom. The predicted molar refractivity (Wildman–Crippen MR) is 106 cm³/mol. The molecule has 0 bridgehead atoms. The molecular weight excluding hydrogens is 382 g/mol. The van der Waals surface area contributed by atoms with E-state index in [9.17, 15) is 18.3 Å². The van der Waals surface area contributed by atoms with Crippen molar-refractivity contribution in [1.82, 2.24) is 14.1 Å². The number of carbonyl (C=O) groups is 1. The Labute approximate surface area is 164 Å². The van der Waals surface area contributed by atoms with Crippen molar-refractivity contribution in [1.29, 1.82) is 0 Å². The average molecular weight is 407 g/mol. The molecule has 0 aliphatic carbocycles. The van der Waals surface area contributed by atoms with Gasteiger partial charge in [-0.15, -0.1) is 0 Å². The van der Waals surface area contributed by atoms with Crippen molar-refractivity contribution in [3.63, 3.8) is 0 Å². The number of aromatic hydroxyl groups is 1. The molecular formula is C18H25N5O4S. The van der Waals surface area contributed by atoms with E-state index >= 15 is 0 Å². The van der Waals surface area contributed by atoms with E-state index in [4.69, 9.17) is 11.5 Å². The van der Waals surface area contributed by atoms with Crippen molar-refractivity contribution in [2.75, 3.05) is 25.1 Å². The molecule has 2 aromatic rings. The number of primary amides is 1. The van der Waals surface area contributed by atoms with E-state index in [1.807, 2.05) is 6.92 Å². The maximum atomic E-state index is 12.1. The summed E-state index contributed by atoms with van der Waals surface area (Å²) in [6.45, 7) is 4.29. The monoisotopic (exact) mass is 407 g/mol. The molecule has 1 saturated heterocycles. The standard InChI is InChI=1S/C18H25N5O4S/c1-10-4-5-13(24)11(2)16(10)23-17(19)14(18(20)25)15(21-23)12-6-8-22(9-7-12)28(3,26)27/h4-5,12,24H,6-9,19H2,1-3H3,(H2,20,25). The molecule has 5 N–H and O–H groups in total. The summed E-state index contributed by atoms with van der Waals surface area (Å²) in [5.41, 5.74) is 14.5. The number of phenolic OH excluding ortho intramolecular Hbond substituents is 1. The Balaban J connectivity index is 2.07. The molecule has 9 nitrogen and oxygen atoms in total. The van der Waals surface area contributed by atoms with E-state index < -0.39 is 15.9 Å². The molecule has 0 atom stereocenters. The smallest absolute Gasteiger partial charge is 0.254 e. The zero-order valence-electron chi connectivity index (χ0n) is 16.1. The van der Waals surface area contributed by atoms with Crippen LogP contribution in [0.15, 0.2) is 12.1 Å². The van der Waals surface area contributed by atoms with Crippen molar-refractivity contribution in [2.45, 2.75) is 32.6 Å². The highest BCUT2D eigenvalue weighted by molar-refractivity contribution is 7.88. The van der Waals surface area contributed by atoms with Gasteiger partial charge in [-0.3, -0.25) is 4.79 Å². The largest absolute Gasteiger partial charge is 0.508 e. The Morgan fingerprint density at radius 3 is 2.39 bits per heavy atom. The first-order valence-electron chi connectivity index (χ1n) is 8.95. The lowest BCUT2D eigenvalue weighted by Gasteiger charge is -2.29. The highest BCUT2D eigenvalue weighted by Gasteiger charge is 2.32. The molecule has 1 amide bonds. The van der Waals surface area contributed by atoms with Gasteiger partial charge in [-0.1, -0.05) is 6.07 Å². The maximum Gasteiger partial charge on any atom is 0.254 e.